The Morgan fingerprint density at radius 1 is 0.775 bits per heavy atom. The zero-order valence-electron chi connectivity index (χ0n) is 22.0. The molecular formula is C35H27F3N2+2. The van der Waals surface area contributed by atoms with E-state index in [1.54, 1.807) is 6.07 Å². The Balaban J connectivity index is 1.54. The van der Waals surface area contributed by atoms with Crippen LogP contribution < -0.4 is 9.13 Å². The van der Waals surface area contributed by atoms with Crippen molar-refractivity contribution >= 4 is 5.70 Å². The normalized spacial score (nSPS) is 17.4. The first-order valence-corrected chi connectivity index (χ1v) is 13.5. The van der Waals surface area contributed by atoms with Gasteiger partial charge in [-0.1, -0.05) is 48.5 Å². The van der Waals surface area contributed by atoms with Gasteiger partial charge >= 0.3 is 0 Å². The van der Waals surface area contributed by atoms with Gasteiger partial charge in [0.2, 0.25) is 23.1 Å². The van der Waals surface area contributed by atoms with Crippen molar-refractivity contribution in [2.24, 2.45) is 0 Å². The van der Waals surface area contributed by atoms with Crippen LogP contribution in [0.3, 0.4) is 0 Å². The Kier molecular flexibility index (Phi) is 5.70. The van der Waals surface area contributed by atoms with E-state index in [0.29, 0.717) is 24.6 Å². The zero-order valence-corrected chi connectivity index (χ0v) is 22.0. The summed E-state index contributed by atoms with van der Waals surface area (Å²) in [7, 11) is 0. The molecule has 0 saturated heterocycles. The van der Waals surface area contributed by atoms with Crippen molar-refractivity contribution in [1.82, 2.24) is 0 Å². The maximum atomic E-state index is 15.7. The lowest BCUT2D eigenvalue weighted by Crippen LogP contribution is -2.53. The highest BCUT2D eigenvalue weighted by atomic mass is 19.2. The van der Waals surface area contributed by atoms with Crippen LogP contribution >= 0.6 is 0 Å². The minimum atomic E-state index is -1.18. The predicted octanol–water partition coefficient (Wildman–Crippen LogP) is 7.74. The molecule has 40 heavy (non-hydrogen) atoms. The quantitative estimate of drug-likeness (QED) is 0.154. The molecule has 2 unspecified atom stereocenters. The lowest BCUT2D eigenvalue weighted by molar-refractivity contribution is -0.727. The molecule has 4 heterocycles. The number of fused-ring (bicyclic) bond motifs is 9. The van der Waals surface area contributed by atoms with Crippen LogP contribution in [0, 0.1) is 24.4 Å². The third kappa shape index (κ3) is 3.72. The monoisotopic (exact) mass is 532 g/mol. The van der Waals surface area contributed by atoms with Crippen molar-refractivity contribution in [2.75, 3.05) is 0 Å². The number of allylic oxidation sites excluding steroid dienone is 1. The molecule has 0 radical (unpaired) electrons. The summed E-state index contributed by atoms with van der Waals surface area (Å²) < 4.78 is 49.9. The van der Waals surface area contributed by atoms with E-state index in [9.17, 15) is 4.39 Å². The Morgan fingerprint density at radius 3 is 2.35 bits per heavy atom. The molecule has 0 spiro atoms. The van der Waals surface area contributed by atoms with Crippen LogP contribution in [0.15, 0.2) is 104 Å². The average molecular weight is 533 g/mol. The zero-order chi connectivity index (χ0) is 27.5. The van der Waals surface area contributed by atoms with Crippen LogP contribution in [0.5, 0.6) is 0 Å². The van der Waals surface area contributed by atoms with Gasteiger partial charge in [0, 0.05) is 40.5 Å². The second-order valence-corrected chi connectivity index (χ2v) is 10.7. The first-order valence-electron chi connectivity index (χ1n) is 13.5. The molecule has 0 saturated carbocycles. The van der Waals surface area contributed by atoms with Gasteiger partial charge in [0.1, 0.15) is 5.82 Å². The molecule has 2 aliphatic rings. The minimum absolute atomic E-state index is 0.00217. The molecule has 0 amide bonds. The molecule has 0 bridgehead atoms. The fourth-order valence-electron chi connectivity index (χ4n) is 6.54. The molecular weight excluding hydrogens is 505 g/mol. The summed E-state index contributed by atoms with van der Waals surface area (Å²) in [5.41, 5.74) is 7.61. The molecule has 2 atom stereocenters. The van der Waals surface area contributed by atoms with Crippen LogP contribution in [0.4, 0.5) is 13.2 Å². The van der Waals surface area contributed by atoms with Crippen molar-refractivity contribution in [3.8, 4) is 33.6 Å². The number of rotatable bonds is 1. The highest BCUT2D eigenvalue weighted by molar-refractivity contribution is 5.70. The number of aryl methyl sites for hydroxylation is 2. The van der Waals surface area contributed by atoms with Gasteiger partial charge in [-0.15, -0.1) is 0 Å². The summed E-state index contributed by atoms with van der Waals surface area (Å²) in [5.74, 6) is -3.39. The standard InChI is InChI=1S/C35H27F3N2/c1-21-12-16-31-33-32(28(36)18-29(37)34(33)38)27-15-13-24-10-6-7-11-26(24)30-17-14-25(23-8-4-3-5-9-23)20-39(30)22(2)35(27)40(31)19-21/h3-12,14,16-20,27,35H,2,13,15H2,1H3/q+2. The first-order chi connectivity index (χ1) is 19.4. The van der Waals surface area contributed by atoms with Gasteiger partial charge in [-0.2, -0.15) is 9.13 Å². The van der Waals surface area contributed by atoms with Gasteiger partial charge in [0.05, 0.1) is 11.5 Å². The fraction of sp³-hybridized carbons (Fsp3) is 0.143. The smallest absolute Gasteiger partial charge is 0.207 e. The predicted molar refractivity (Wildman–Crippen MR) is 150 cm³/mol. The van der Waals surface area contributed by atoms with Crippen LogP contribution in [-0.4, -0.2) is 0 Å². The van der Waals surface area contributed by atoms with E-state index in [2.05, 4.69) is 53.7 Å². The molecule has 3 aromatic carbocycles. The third-order valence-corrected chi connectivity index (χ3v) is 8.37. The van der Waals surface area contributed by atoms with E-state index in [1.165, 1.54) is 0 Å². The van der Waals surface area contributed by atoms with E-state index in [-0.39, 0.29) is 11.1 Å². The van der Waals surface area contributed by atoms with Crippen molar-refractivity contribution < 1.29 is 22.3 Å². The van der Waals surface area contributed by atoms with Gasteiger partial charge in [0.15, 0.2) is 24.0 Å². The van der Waals surface area contributed by atoms with Gasteiger partial charge in [-0.3, -0.25) is 0 Å². The lowest BCUT2D eigenvalue weighted by atomic mass is 9.78. The maximum absolute atomic E-state index is 15.7. The van der Waals surface area contributed by atoms with E-state index in [0.717, 1.165) is 39.2 Å². The number of benzene rings is 3. The fourth-order valence-corrected chi connectivity index (χ4v) is 6.54. The summed E-state index contributed by atoms with van der Waals surface area (Å²) in [6, 6.07) is 26.4. The summed E-state index contributed by atoms with van der Waals surface area (Å²) in [6.07, 6.45) is 5.20. The van der Waals surface area contributed by atoms with E-state index in [1.807, 2.05) is 54.1 Å². The number of halogens is 3. The largest absolute Gasteiger partial charge is 0.249 e. The molecule has 7 rings (SSSR count). The summed E-state index contributed by atoms with van der Waals surface area (Å²) >= 11 is 0. The minimum Gasteiger partial charge on any atom is -0.207 e. The maximum Gasteiger partial charge on any atom is 0.249 e. The van der Waals surface area contributed by atoms with Crippen LogP contribution in [0.2, 0.25) is 0 Å². The average Bonchev–Trinajstić information content (AvgIpc) is 3.02. The summed E-state index contributed by atoms with van der Waals surface area (Å²) in [4.78, 5) is 0. The van der Waals surface area contributed by atoms with Crippen molar-refractivity contribution in [3.63, 3.8) is 0 Å². The Bertz CT molecular complexity index is 1830. The molecule has 2 aromatic heterocycles. The van der Waals surface area contributed by atoms with Crippen LogP contribution in [-0.2, 0) is 6.42 Å². The molecule has 2 aliphatic heterocycles. The van der Waals surface area contributed by atoms with Crippen LogP contribution in [0.25, 0.3) is 39.3 Å². The molecule has 2 nitrogen and oxygen atoms in total. The highest BCUT2D eigenvalue weighted by Crippen LogP contribution is 2.47. The van der Waals surface area contributed by atoms with Gasteiger partial charge in [-0.05, 0) is 55.7 Å². The van der Waals surface area contributed by atoms with E-state index < -0.39 is 29.4 Å². The summed E-state index contributed by atoms with van der Waals surface area (Å²) in [5, 5.41) is 0. The van der Waals surface area contributed by atoms with E-state index in [4.69, 9.17) is 0 Å². The van der Waals surface area contributed by atoms with Crippen molar-refractivity contribution in [2.45, 2.75) is 31.7 Å². The summed E-state index contributed by atoms with van der Waals surface area (Å²) in [6.45, 7) is 6.57. The van der Waals surface area contributed by atoms with Crippen molar-refractivity contribution in [3.05, 3.63) is 138 Å². The second-order valence-electron chi connectivity index (χ2n) is 10.7. The Labute approximate surface area is 231 Å². The van der Waals surface area contributed by atoms with Crippen LogP contribution in [0.1, 0.15) is 35.1 Å². The third-order valence-electron chi connectivity index (χ3n) is 8.37. The number of nitrogens with zero attached hydrogens (tertiary/aromatic N) is 2. The number of hydrogen-bond donors (Lipinski definition) is 0. The Hall–Kier alpha value is -4.51. The first kappa shape index (κ1) is 24.5. The van der Waals surface area contributed by atoms with Crippen molar-refractivity contribution in [1.29, 1.82) is 0 Å². The molecule has 196 valence electrons. The lowest BCUT2D eigenvalue weighted by Gasteiger charge is -2.30. The van der Waals surface area contributed by atoms with Gasteiger partial charge in [0.25, 0.3) is 0 Å². The number of aromatic nitrogens is 2. The number of pyridine rings is 2. The highest BCUT2D eigenvalue weighted by Gasteiger charge is 2.49. The number of hydrogen-bond acceptors (Lipinski definition) is 0. The molecule has 0 N–H and O–H groups in total. The molecule has 5 heteroatoms. The second kappa shape index (κ2) is 9.30. The van der Waals surface area contributed by atoms with E-state index >= 15 is 8.78 Å². The Morgan fingerprint density at radius 2 is 1.52 bits per heavy atom. The topological polar surface area (TPSA) is 7.76 Å². The molecule has 0 fully saturated rings. The van der Waals surface area contributed by atoms with Gasteiger partial charge < -0.3 is 0 Å². The SMILES string of the molecule is C=C1C2C(CCc3ccccc3-c3ccc(-c4ccccc4)c[n+]31)c1c(F)cc(F)c(F)c1-c1ccc(C)c[n+]12. The molecule has 0 aliphatic carbocycles. The molecule has 5 aromatic rings. The van der Waals surface area contributed by atoms with Gasteiger partial charge in [-0.25, -0.2) is 13.2 Å².